The molecule has 0 saturated carbocycles. The number of rotatable bonds is 6. The van der Waals surface area contributed by atoms with Gasteiger partial charge in [0, 0.05) is 39.4 Å². The van der Waals surface area contributed by atoms with Crippen LogP contribution in [0.3, 0.4) is 0 Å². The Balaban J connectivity index is 2.12. The highest BCUT2D eigenvalue weighted by Crippen LogP contribution is 2.10. The molecule has 3 nitrogen and oxygen atoms in total. The molecule has 0 bridgehead atoms. The number of methoxy groups -OCH3 is 1. The Kier molecular flexibility index (Phi) is 5.91. The van der Waals surface area contributed by atoms with Crippen molar-refractivity contribution in [1.29, 1.82) is 0 Å². The van der Waals surface area contributed by atoms with Gasteiger partial charge in [0.2, 0.25) is 0 Å². The Hall–Kier alpha value is -0.380. The number of hydrogen-bond acceptors (Lipinski definition) is 3. The summed E-state index contributed by atoms with van der Waals surface area (Å²) in [4.78, 5) is 2.43. The van der Waals surface area contributed by atoms with Crippen LogP contribution in [0.2, 0.25) is 0 Å². The van der Waals surface area contributed by atoms with Gasteiger partial charge in [-0.1, -0.05) is 11.6 Å². The van der Waals surface area contributed by atoms with Crippen LogP contribution in [0.1, 0.15) is 26.2 Å². The summed E-state index contributed by atoms with van der Waals surface area (Å²) < 4.78 is 5.02. The first-order valence-corrected chi connectivity index (χ1v) is 5.85. The molecule has 0 amide bonds. The van der Waals surface area contributed by atoms with E-state index in [1.54, 1.807) is 7.11 Å². The fourth-order valence-electron chi connectivity index (χ4n) is 1.89. The van der Waals surface area contributed by atoms with Crippen LogP contribution in [-0.2, 0) is 4.74 Å². The Morgan fingerprint density at radius 1 is 1.60 bits per heavy atom. The molecule has 1 atom stereocenters. The van der Waals surface area contributed by atoms with Gasteiger partial charge in [0.25, 0.3) is 0 Å². The van der Waals surface area contributed by atoms with E-state index in [9.17, 15) is 0 Å². The van der Waals surface area contributed by atoms with Gasteiger partial charge in [-0.2, -0.15) is 0 Å². The van der Waals surface area contributed by atoms with Gasteiger partial charge in [-0.05, 0) is 26.2 Å². The summed E-state index contributed by atoms with van der Waals surface area (Å²) in [6.45, 7) is 6.29. The molecule has 0 radical (unpaired) electrons. The van der Waals surface area contributed by atoms with Crippen molar-refractivity contribution in [3.8, 4) is 0 Å². The van der Waals surface area contributed by atoms with Crippen molar-refractivity contribution in [3.63, 3.8) is 0 Å². The average Bonchev–Trinajstić information content (AvgIpc) is 2.22. The molecule has 2 N–H and O–H groups in total. The second kappa shape index (κ2) is 6.99. The molecule has 0 spiro atoms. The maximum absolute atomic E-state index is 6.06. The molecule has 0 aromatic rings. The van der Waals surface area contributed by atoms with Crippen LogP contribution in [0.5, 0.6) is 0 Å². The third-order valence-corrected chi connectivity index (χ3v) is 2.94. The number of nitrogens with two attached hydrogens (primary N) is 1. The molecule has 0 fully saturated rings. The predicted octanol–water partition coefficient (Wildman–Crippen LogP) is 1.39. The van der Waals surface area contributed by atoms with E-state index in [1.807, 2.05) is 0 Å². The molecular weight excluding hydrogens is 188 g/mol. The van der Waals surface area contributed by atoms with E-state index in [0.29, 0.717) is 6.04 Å². The normalized spacial score (nSPS) is 20.1. The molecule has 1 aliphatic rings. The molecule has 1 rings (SSSR count). The quantitative estimate of drug-likeness (QED) is 0.534. The van der Waals surface area contributed by atoms with Gasteiger partial charge in [-0.25, -0.2) is 0 Å². The molecule has 0 aliphatic carbocycles. The predicted molar refractivity (Wildman–Crippen MR) is 63.9 cm³/mol. The van der Waals surface area contributed by atoms with Crippen molar-refractivity contribution in [2.45, 2.75) is 32.2 Å². The number of hydrogen-bond donors (Lipinski definition) is 1. The molecule has 3 heteroatoms. The van der Waals surface area contributed by atoms with E-state index >= 15 is 0 Å². The molecule has 1 heterocycles. The van der Waals surface area contributed by atoms with Gasteiger partial charge >= 0.3 is 0 Å². The van der Waals surface area contributed by atoms with Crippen molar-refractivity contribution in [3.05, 3.63) is 11.6 Å². The smallest absolute Gasteiger partial charge is 0.0462 e. The van der Waals surface area contributed by atoms with E-state index in [4.69, 9.17) is 10.5 Å². The minimum atomic E-state index is 0.298. The average molecular weight is 212 g/mol. The second-order valence-corrected chi connectivity index (χ2v) is 4.46. The molecule has 15 heavy (non-hydrogen) atoms. The van der Waals surface area contributed by atoms with Gasteiger partial charge in [-0.15, -0.1) is 0 Å². The summed E-state index contributed by atoms with van der Waals surface area (Å²) in [5, 5.41) is 0. The van der Waals surface area contributed by atoms with Gasteiger partial charge < -0.3 is 10.5 Å². The molecule has 1 unspecified atom stereocenters. The molecule has 0 aromatic carbocycles. The third kappa shape index (κ3) is 5.30. The summed E-state index contributed by atoms with van der Waals surface area (Å²) in [6, 6.07) is 0.298. The molecule has 0 saturated heterocycles. The minimum absolute atomic E-state index is 0.298. The van der Waals surface area contributed by atoms with Crippen molar-refractivity contribution in [1.82, 2.24) is 4.90 Å². The molecular formula is C12H24N2O. The lowest BCUT2D eigenvalue weighted by Crippen LogP contribution is -2.39. The van der Waals surface area contributed by atoms with Crippen LogP contribution in [0, 0.1) is 0 Å². The van der Waals surface area contributed by atoms with Crippen LogP contribution in [0.25, 0.3) is 0 Å². The van der Waals surface area contributed by atoms with Crippen LogP contribution < -0.4 is 5.73 Å². The maximum atomic E-state index is 6.06. The van der Waals surface area contributed by atoms with Crippen LogP contribution in [0.15, 0.2) is 11.6 Å². The van der Waals surface area contributed by atoms with Gasteiger partial charge in [0.1, 0.15) is 0 Å². The maximum Gasteiger partial charge on any atom is 0.0462 e. The number of ether oxygens (including phenoxy) is 1. The van der Waals surface area contributed by atoms with Crippen LogP contribution in [-0.4, -0.2) is 44.3 Å². The SMILES string of the molecule is COCCCC(N)CN1CC=C(C)CC1. The lowest BCUT2D eigenvalue weighted by molar-refractivity contribution is 0.186. The number of nitrogens with zero attached hydrogens (tertiary/aromatic N) is 1. The summed E-state index contributed by atoms with van der Waals surface area (Å²) in [7, 11) is 1.74. The van der Waals surface area contributed by atoms with Crippen molar-refractivity contribution in [2.24, 2.45) is 5.73 Å². The first kappa shape index (κ1) is 12.7. The summed E-state index contributed by atoms with van der Waals surface area (Å²) in [5.74, 6) is 0. The van der Waals surface area contributed by atoms with E-state index in [1.165, 1.54) is 18.5 Å². The summed E-state index contributed by atoms with van der Waals surface area (Å²) in [6.07, 6.45) is 5.64. The van der Waals surface area contributed by atoms with Crippen LogP contribution in [0.4, 0.5) is 0 Å². The highest BCUT2D eigenvalue weighted by atomic mass is 16.5. The van der Waals surface area contributed by atoms with E-state index in [-0.39, 0.29) is 0 Å². The first-order chi connectivity index (χ1) is 7.22. The Labute approximate surface area is 93.3 Å². The third-order valence-electron chi connectivity index (χ3n) is 2.94. The standard InChI is InChI=1S/C12H24N2O/c1-11-5-7-14(8-6-11)10-12(13)4-3-9-15-2/h5,12H,3-4,6-10,13H2,1-2H3. The van der Waals surface area contributed by atoms with E-state index in [2.05, 4.69) is 17.9 Å². The largest absolute Gasteiger partial charge is 0.385 e. The zero-order valence-corrected chi connectivity index (χ0v) is 10.0. The fraction of sp³-hybridized carbons (Fsp3) is 0.833. The van der Waals surface area contributed by atoms with Gasteiger partial charge in [0.05, 0.1) is 0 Å². The van der Waals surface area contributed by atoms with E-state index < -0.39 is 0 Å². The van der Waals surface area contributed by atoms with Crippen molar-refractivity contribution >= 4 is 0 Å². The first-order valence-electron chi connectivity index (χ1n) is 5.85. The fourth-order valence-corrected chi connectivity index (χ4v) is 1.89. The highest BCUT2D eigenvalue weighted by molar-refractivity contribution is 5.03. The summed E-state index contributed by atoms with van der Waals surface area (Å²) in [5.41, 5.74) is 7.58. The molecule has 88 valence electrons. The summed E-state index contributed by atoms with van der Waals surface area (Å²) >= 11 is 0. The highest BCUT2D eigenvalue weighted by Gasteiger charge is 2.12. The zero-order chi connectivity index (χ0) is 11.1. The topological polar surface area (TPSA) is 38.5 Å². The second-order valence-electron chi connectivity index (χ2n) is 4.46. The minimum Gasteiger partial charge on any atom is -0.385 e. The monoisotopic (exact) mass is 212 g/mol. The lowest BCUT2D eigenvalue weighted by atomic mass is 10.1. The van der Waals surface area contributed by atoms with Crippen molar-refractivity contribution in [2.75, 3.05) is 33.4 Å². The van der Waals surface area contributed by atoms with E-state index in [0.717, 1.165) is 32.5 Å². The Morgan fingerprint density at radius 2 is 2.40 bits per heavy atom. The molecule has 0 aromatic heterocycles. The Morgan fingerprint density at radius 3 is 3.00 bits per heavy atom. The zero-order valence-electron chi connectivity index (χ0n) is 10.0. The van der Waals surface area contributed by atoms with Crippen LogP contribution >= 0.6 is 0 Å². The van der Waals surface area contributed by atoms with Gasteiger partial charge in [-0.3, -0.25) is 4.90 Å². The lowest BCUT2D eigenvalue weighted by Gasteiger charge is -2.27. The molecule has 1 aliphatic heterocycles. The Bertz CT molecular complexity index is 204. The van der Waals surface area contributed by atoms with Gasteiger partial charge in [0.15, 0.2) is 0 Å². The van der Waals surface area contributed by atoms with Crippen molar-refractivity contribution < 1.29 is 4.74 Å².